The third-order valence-electron chi connectivity index (χ3n) is 4.05. The van der Waals surface area contributed by atoms with Crippen molar-refractivity contribution in [1.82, 2.24) is 10.2 Å². The second-order valence-corrected chi connectivity index (χ2v) is 6.95. The number of nitrogens with zero attached hydrogens (tertiary/aromatic N) is 1. The molecular weight excluding hydrogens is 300 g/mol. The predicted octanol–water partition coefficient (Wildman–Crippen LogP) is 4.09. The zero-order valence-electron chi connectivity index (χ0n) is 12.3. The van der Waals surface area contributed by atoms with Gasteiger partial charge in [0.05, 0.1) is 6.04 Å². The molecule has 1 unspecified atom stereocenters. The molecule has 1 aliphatic rings. The quantitative estimate of drug-likeness (QED) is 0.916. The van der Waals surface area contributed by atoms with E-state index < -0.39 is 0 Å². The molecule has 1 fully saturated rings. The van der Waals surface area contributed by atoms with E-state index in [9.17, 15) is 0 Å². The average Bonchev–Trinajstić information content (AvgIpc) is 2.74. The number of hydrogen-bond donors (Lipinski definition) is 1. The summed E-state index contributed by atoms with van der Waals surface area (Å²) in [5.41, 5.74) is 2.68. The lowest BCUT2D eigenvalue weighted by atomic mass is 10.0. The molecule has 0 aliphatic carbocycles. The molecule has 1 aliphatic heterocycles. The van der Waals surface area contributed by atoms with Gasteiger partial charge in [0.1, 0.15) is 0 Å². The van der Waals surface area contributed by atoms with Crippen molar-refractivity contribution in [3.63, 3.8) is 0 Å². The Morgan fingerprint density at radius 3 is 2.90 bits per heavy atom. The Labute approximate surface area is 135 Å². The van der Waals surface area contributed by atoms with Crippen molar-refractivity contribution in [3.8, 4) is 0 Å². The molecule has 21 heavy (non-hydrogen) atoms. The van der Waals surface area contributed by atoms with E-state index in [2.05, 4.69) is 46.8 Å². The van der Waals surface area contributed by atoms with Gasteiger partial charge in [0.2, 0.25) is 0 Å². The predicted molar refractivity (Wildman–Crippen MR) is 91.4 cm³/mol. The van der Waals surface area contributed by atoms with E-state index in [-0.39, 0.29) is 0 Å². The topological polar surface area (TPSA) is 15.3 Å². The van der Waals surface area contributed by atoms with Crippen LogP contribution in [-0.2, 0) is 0 Å². The normalized spacial score (nSPS) is 18.4. The minimum Gasteiger partial charge on any atom is -0.315 e. The fourth-order valence-electron chi connectivity index (χ4n) is 2.99. The highest BCUT2D eigenvalue weighted by atomic mass is 35.5. The highest BCUT2D eigenvalue weighted by molar-refractivity contribution is 7.10. The number of aryl methyl sites for hydroxylation is 1. The van der Waals surface area contributed by atoms with Gasteiger partial charge in [-0.25, -0.2) is 0 Å². The molecule has 1 aromatic heterocycles. The summed E-state index contributed by atoms with van der Waals surface area (Å²) in [4.78, 5) is 4.03. The molecule has 0 amide bonds. The molecule has 0 bridgehead atoms. The molecule has 0 spiro atoms. The summed E-state index contributed by atoms with van der Waals surface area (Å²) in [5.74, 6) is 0. The molecule has 0 radical (unpaired) electrons. The summed E-state index contributed by atoms with van der Waals surface area (Å²) in [6.45, 7) is 6.58. The maximum Gasteiger partial charge on any atom is 0.0699 e. The van der Waals surface area contributed by atoms with E-state index >= 15 is 0 Å². The first kappa shape index (κ1) is 15.0. The molecule has 1 N–H and O–H groups in total. The van der Waals surface area contributed by atoms with Crippen LogP contribution in [0.3, 0.4) is 0 Å². The second-order valence-electron chi connectivity index (χ2n) is 5.56. The van der Waals surface area contributed by atoms with Crippen LogP contribution in [0.2, 0.25) is 5.02 Å². The SMILES string of the molecule is Cc1ccsc1C(c1cccc(Cl)c1)N1CCCNCC1. The van der Waals surface area contributed by atoms with Crippen molar-refractivity contribution in [3.05, 3.63) is 56.7 Å². The van der Waals surface area contributed by atoms with Gasteiger partial charge in [0.25, 0.3) is 0 Å². The van der Waals surface area contributed by atoms with Gasteiger partial charge in [0.15, 0.2) is 0 Å². The Morgan fingerprint density at radius 1 is 1.24 bits per heavy atom. The maximum atomic E-state index is 6.23. The summed E-state index contributed by atoms with van der Waals surface area (Å²) in [6, 6.07) is 10.9. The van der Waals surface area contributed by atoms with E-state index in [1.807, 2.05) is 17.4 Å². The Morgan fingerprint density at radius 2 is 2.14 bits per heavy atom. The van der Waals surface area contributed by atoms with Crippen molar-refractivity contribution < 1.29 is 0 Å². The van der Waals surface area contributed by atoms with Gasteiger partial charge in [-0.2, -0.15) is 0 Å². The van der Waals surface area contributed by atoms with Crippen LogP contribution in [-0.4, -0.2) is 31.1 Å². The minimum atomic E-state index is 0.323. The molecule has 1 atom stereocenters. The number of benzene rings is 1. The lowest BCUT2D eigenvalue weighted by Gasteiger charge is -2.31. The van der Waals surface area contributed by atoms with Crippen molar-refractivity contribution in [2.45, 2.75) is 19.4 Å². The zero-order valence-corrected chi connectivity index (χ0v) is 13.9. The number of nitrogens with one attached hydrogen (secondary N) is 1. The molecule has 1 aromatic carbocycles. The maximum absolute atomic E-state index is 6.23. The van der Waals surface area contributed by atoms with Crippen LogP contribution in [0.15, 0.2) is 35.7 Å². The Balaban J connectivity index is 2.00. The largest absolute Gasteiger partial charge is 0.315 e. The molecule has 0 saturated carbocycles. The van der Waals surface area contributed by atoms with E-state index in [0.29, 0.717) is 6.04 Å². The highest BCUT2D eigenvalue weighted by Crippen LogP contribution is 2.35. The van der Waals surface area contributed by atoms with Crippen molar-refractivity contribution >= 4 is 22.9 Å². The molecule has 2 heterocycles. The Kier molecular flexibility index (Phi) is 4.96. The summed E-state index contributed by atoms with van der Waals surface area (Å²) in [5, 5.41) is 6.50. The fourth-order valence-corrected chi connectivity index (χ4v) is 4.28. The van der Waals surface area contributed by atoms with E-state index in [4.69, 9.17) is 11.6 Å². The number of rotatable bonds is 3. The first-order valence-electron chi connectivity index (χ1n) is 7.50. The summed E-state index contributed by atoms with van der Waals surface area (Å²) >= 11 is 8.09. The van der Waals surface area contributed by atoms with Crippen molar-refractivity contribution in [1.29, 1.82) is 0 Å². The molecule has 112 valence electrons. The number of thiophene rings is 1. The second kappa shape index (κ2) is 6.93. The molecule has 2 aromatic rings. The van der Waals surface area contributed by atoms with Gasteiger partial charge in [-0.05, 0) is 54.6 Å². The summed E-state index contributed by atoms with van der Waals surface area (Å²) in [6.07, 6.45) is 1.20. The summed E-state index contributed by atoms with van der Waals surface area (Å²) in [7, 11) is 0. The standard InChI is InChI=1S/C17H21ClN2S/c1-13-6-11-21-17(13)16(14-4-2-5-15(18)12-14)20-9-3-7-19-8-10-20/h2,4-6,11-12,16,19H,3,7-10H2,1H3. The van der Waals surface area contributed by atoms with E-state index in [1.54, 1.807) is 0 Å². The first-order chi connectivity index (χ1) is 10.3. The number of halogens is 1. The third-order valence-corrected chi connectivity index (χ3v) is 5.36. The van der Waals surface area contributed by atoms with E-state index in [1.165, 1.54) is 22.4 Å². The average molecular weight is 321 g/mol. The van der Waals surface area contributed by atoms with Crippen molar-refractivity contribution in [2.24, 2.45) is 0 Å². The van der Waals surface area contributed by atoms with Crippen LogP contribution >= 0.6 is 22.9 Å². The monoisotopic (exact) mass is 320 g/mol. The molecule has 4 heteroatoms. The van der Waals surface area contributed by atoms with Crippen molar-refractivity contribution in [2.75, 3.05) is 26.2 Å². The Bertz CT molecular complexity index is 588. The van der Waals surface area contributed by atoms with Crippen LogP contribution < -0.4 is 5.32 Å². The van der Waals surface area contributed by atoms with Crippen LogP contribution in [0.25, 0.3) is 0 Å². The zero-order chi connectivity index (χ0) is 14.7. The summed E-state index contributed by atoms with van der Waals surface area (Å²) < 4.78 is 0. The van der Waals surface area contributed by atoms with Gasteiger partial charge in [-0.3, -0.25) is 4.90 Å². The smallest absolute Gasteiger partial charge is 0.0699 e. The molecule has 1 saturated heterocycles. The minimum absolute atomic E-state index is 0.323. The van der Waals surface area contributed by atoms with Crippen LogP contribution in [0.1, 0.15) is 28.5 Å². The van der Waals surface area contributed by atoms with Gasteiger partial charge in [-0.1, -0.05) is 23.7 Å². The van der Waals surface area contributed by atoms with Crippen LogP contribution in [0, 0.1) is 6.92 Å². The van der Waals surface area contributed by atoms with Gasteiger partial charge < -0.3 is 5.32 Å². The lowest BCUT2D eigenvalue weighted by Crippen LogP contribution is -2.32. The Hall–Kier alpha value is -0.870. The highest BCUT2D eigenvalue weighted by Gasteiger charge is 2.25. The first-order valence-corrected chi connectivity index (χ1v) is 8.75. The third kappa shape index (κ3) is 3.49. The lowest BCUT2D eigenvalue weighted by molar-refractivity contribution is 0.243. The van der Waals surface area contributed by atoms with Crippen LogP contribution in [0.5, 0.6) is 0 Å². The van der Waals surface area contributed by atoms with Gasteiger partial charge >= 0.3 is 0 Å². The van der Waals surface area contributed by atoms with Gasteiger partial charge in [-0.15, -0.1) is 11.3 Å². The molecule has 3 rings (SSSR count). The number of hydrogen-bond acceptors (Lipinski definition) is 3. The molecular formula is C17H21ClN2S. The van der Waals surface area contributed by atoms with Gasteiger partial charge in [0, 0.05) is 29.5 Å². The van der Waals surface area contributed by atoms with E-state index in [0.717, 1.165) is 31.2 Å². The fraction of sp³-hybridized carbons (Fsp3) is 0.412. The molecule has 2 nitrogen and oxygen atoms in total. The van der Waals surface area contributed by atoms with Crippen LogP contribution in [0.4, 0.5) is 0 Å².